The van der Waals surface area contributed by atoms with Crippen molar-refractivity contribution in [3.05, 3.63) is 41.2 Å². The van der Waals surface area contributed by atoms with Crippen LogP contribution in [-0.2, 0) is 11.3 Å². The van der Waals surface area contributed by atoms with Gasteiger partial charge in [-0.3, -0.25) is 9.48 Å². The second kappa shape index (κ2) is 5.37. The van der Waals surface area contributed by atoms with Crippen LogP contribution in [0.4, 0.5) is 0 Å². The van der Waals surface area contributed by atoms with Crippen LogP contribution in [0.2, 0.25) is 0 Å². The van der Waals surface area contributed by atoms with Crippen LogP contribution in [0.1, 0.15) is 0 Å². The van der Waals surface area contributed by atoms with Crippen molar-refractivity contribution in [3.63, 3.8) is 0 Å². The summed E-state index contributed by atoms with van der Waals surface area (Å²) in [5.74, 6) is -0.0294. The molecule has 21 heavy (non-hydrogen) atoms. The van der Waals surface area contributed by atoms with E-state index in [2.05, 4.69) is 15.1 Å². The molecule has 2 aromatic heterocycles. The summed E-state index contributed by atoms with van der Waals surface area (Å²) in [5, 5.41) is 14.6. The van der Waals surface area contributed by atoms with Crippen molar-refractivity contribution < 1.29 is 9.84 Å². The van der Waals surface area contributed by atoms with Crippen LogP contribution in [0.25, 0.3) is 22.0 Å². The first-order valence-corrected chi connectivity index (χ1v) is 6.41. The quantitative estimate of drug-likeness (QED) is 0.750. The summed E-state index contributed by atoms with van der Waals surface area (Å²) in [4.78, 5) is 18.3. The zero-order valence-corrected chi connectivity index (χ0v) is 11.4. The molecule has 3 rings (SSSR count). The van der Waals surface area contributed by atoms with Gasteiger partial charge in [0, 0.05) is 18.9 Å². The molecule has 0 radical (unpaired) electrons. The molecule has 7 heteroatoms. The molecule has 0 saturated heterocycles. The monoisotopic (exact) mass is 286 g/mol. The van der Waals surface area contributed by atoms with Crippen molar-refractivity contribution in [1.29, 1.82) is 0 Å². The third kappa shape index (κ3) is 2.50. The number of aromatic hydroxyl groups is 1. The zero-order chi connectivity index (χ0) is 14.8. The van der Waals surface area contributed by atoms with Crippen LogP contribution in [0.3, 0.4) is 0 Å². The number of aromatic amines is 1. The van der Waals surface area contributed by atoms with Crippen LogP contribution in [0.5, 0.6) is 5.75 Å². The second-order valence-corrected chi connectivity index (χ2v) is 4.61. The smallest absolute Gasteiger partial charge is 0.258 e. The van der Waals surface area contributed by atoms with E-state index >= 15 is 0 Å². The number of benzene rings is 1. The number of hydrogen-bond donors (Lipinski definition) is 2. The van der Waals surface area contributed by atoms with E-state index in [1.54, 1.807) is 30.1 Å². The summed E-state index contributed by atoms with van der Waals surface area (Å²) in [6.07, 6.45) is 4.79. The van der Waals surface area contributed by atoms with Crippen LogP contribution < -0.4 is 5.56 Å². The Morgan fingerprint density at radius 1 is 1.38 bits per heavy atom. The Morgan fingerprint density at radius 2 is 2.24 bits per heavy atom. The van der Waals surface area contributed by atoms with Gasteiger partial charge in [-0.15, -0.1) is 0 Å². The number of hydrogen-bond acceptors (Lipinski definition) is 5. The predicted octanol–water partition coefficient (Wildman–Crippen LogP) is 1.14. The van der Waals surface area contributed by atoms with Gasteiger partial charge in [0.15, 0.2) is 0 Å². The summed E-state index contributed by atoms with van der Waals surface area (Å²) < 4.78 is 6.74. The van der Waals surface area contributed by atoms with Gasteiger partial charge in [0.1, 0.15) is 11.3 Å². The largest absolute Gasteiger partial charge is 0.506 e. The lowest BCUT2D eigenvalue weighted by Crippen LogP contribution is -2.06. The molecule has 0 saturated carbocycles. The highest BCUT2D eigenvalue weighted by atomic mass is 16.5. The van der Waals surface area contributed by atoms with Gasteiger partial charge in [0.25, 0.3) is 5.56 Å². The maximum Gasteiger partial charge on any atom is 0.258 e. The molecular weight excluding hydrogens is 272 g/mol. The molecule has 1 aromatic carbocycles. The molecule has 0 aliphatic heterocycles. The minimum absolute atomic E-state index is 0.0294. The predicted molar refractivity (Wildman–Crippen MR) is 77.1 cm³/mol. The maximum absolute atomic E-state index is 11.8. The van der Waals surface area contributed by atoms with Crippen molar-refractivity contribution in [2.75, 3.05) is 13.7 Å². The van der Waals surface area contributed by atoms with Crippen molar-refractivity contribution in [3.8, 4) is 16.9 Å². The van der Waals surface area contributed by atoms with Crippen LogP contribution >= 0.6 is 0 Å². The Kier molecular flexibility index (Phi) is 3.41. The Bertz CT molecular complexity index is 838. The molecule has 3 aromatic rings. The number of methoxy groups -OCH3 is 1. The fourth-order valence-electron chi connectivity index (χ4n) is 2.15. The lowest BCUT2D eigenvalue weighted by atomic mass is 10.1. The van der Waals surface area contributed by atoms with Crippen LogP contribution in [0.15, 0.2) is 35.6 Å². The highest BCUT2D eigenvalue weighted by Gasteiger charge is 2.10. The van der Waals surface area contributed by atoms with Gasteiger partial charge in [-0.2, -0.15) is 5.10 Å². The third-order valence-electron chi connectivity index (χ3n) is 3.21. The number of aromatic nitrogens is 4. The van der Waals surface area contributed by atoms with Gasteiger partial charge in [0.05, 0.1) is 31.1 Å². The molecule has 0 unspecified atom stereocenters. The Morgan fingerprint density at radius 3 is 3.05 bits per heavy atom. The fourth-order valence-corrected chi connectivity index (χ4v) is 2.15. The summed E-state index contributed by atoms with van der Waals surface area (Å²) in [7, 11) is 1.63. The lowest BCUT2D eigenvalue weighted by molar-refractivity contribution is 0.183. The van der Waals surface area contributed by atoms with Crippen LogP contribution in [0, 0.1) is 0 Å². The molecule has 108 valence electrons. The standard InChI is InChI=1S/C14H14N4O3/c1-21-3-2-18-7-10(6-17-18)9-4-11-13(12(19)5-9)15-8-16-14(11)20/h4-8,19H,2-3H2,1H3,(H,15,16,20). The minimum Gasteiger partial charge on any atom is -0.506 e. The van der Waals surface area contributed by atoms with E-state index in [0.29, 0.717) is 24.1 Å². The molecule has 2 heterocycles. The van der Waals surface area contributed by atoms with E-state index in [4.69, 9.17) is 4.74 Å². The van der Waals surface area contributed by atoms with Crippen LogP contribution in [-0.4, -0.2) is 38.6 Å². The summed E-state index contributed by atoms with van der Waals surface area (Å²) in [5.41, 5.74) is 1.52. The second-order valence-electron chi connectivity index (χ2n) is 4.61. The number of phenols is 1. The Balaban J connectivity index is 2.06. The highest BCUT2D eigenvalue weighted by Crippen LogP contribution is 2.28. The molecular formula is C14H14N4O3. The van der Waals surface area contributed by atoms with Gasteiger partial charge in [-0.1, -0.05) is 0 Å². The third-order valence-corrected chi connectivity index (χ3v) is 3.21. The number of ether oxygens (including phenoxy) is 1. The van der Waals surface area contributed by atoms with E-state index in [1.165, 1.54) is 6.33 Å². The molecule has 0 aliphatic rings. The molecule has 0 aliphatic carbocycles. The molecule has 0 bridgehead atoms. The summed E-state index contributed by atoms with van der Waals surface area (Å²) in [6.45, 7) is 1.20. The van der Waals surface area contributed by atoms with E-state index in [1.807, 2.05) is 6.20 Å². The normalized spacial score (nSPS) is 11.1. The SMILES string of the molecule is COCCn1cc(-c2cc(O)c3nc[nH]c(=O)c3c2)cn1. The lowest BCUT2D eigenvalue weighted by Gasteiger charge is -2.03. The van der Waals surface area contributed by atoms with Gasteiger partial charge in [-0.25, -0.2) is 4.98 Å². The number of phenolic OH excluding ortho intramolecular Hbond substituents is 1. The van der Waals surface area contributed by atoms with Gasteiger partial charge >= 0.3 is 0 Å². The van der Waals surface area contributed by atoms with Crippen molar-refractivity contribution in [2.45, 2.75) is 6.54 Å². The zero-order valence-electron chi connectivity index (χ0n) is 11.4. The number of H-pyrrole nitrogens is 1. The number of nitrogens with one attached hydrogen (secondary N) is 1. The average molecular weight is 286 g/mol. The number of rotatable bonds is 4. The van der Waals surface area contributed by atoms with E-state index in [9.17, 15) is 9.90 Å². The summed E-state index contributed by atoms with van der Waals surface area (Å²) in [6, 6.07) is 3.27. The Labute approximate surface area is 119 Å². The first-order chi connectivity index (χ1) is 10.2. The fraction of sp³-hybridized carbons (Fsp3) is 0.214. The van der Waals surface area contributed by atoms with Gasteiger partial charge < -0.3 is 14.8 Å². The van der Waals surface area contributed by atoms with E-state index in [-0.39, 0.29) is 16.8 Å². The van der Waals surface area contributed by atoms with Crippen molar-refractivity contribution in [1.82, 2.24) is 19.7 Å². The first kappa shape index (κ1) is 13.3. The van der Waals surface area contributed by atoms with E-state index < -0.39 is 0 Å². The molecule has 0 amide bonds. The van der Waals surface area contributed by atoms with Crippen molar-refractivity contribution >= 4 is 10.9 Å². The number of nitrogens with zero attached hydrogens (tertiary/aromatic N) is 3. The molecule has 0 atom stereocenters. The topological polar surface area (TPSA) is 93.0 Å². The molecule has 0 spiro atoms. The first-order valence-electron chi connectivity index (χ1n) is 6.41. The maximum atomic E-state index is 11.8. The molecule has 7 nitrogen and oxygen atoms in total. The summed E-state index contributed by atoms with van der Waals surface area (Å²) >= 11 is 0. The minimum atomic E-state index is -0.288. The van der Waals surface area contributed by atoms with E-state index in [0.717, 1.165) is 5.56 Å². The molecule has 2 N–H and O–H groups in total. The highest BCUT2D eigenvalue weighted by molar-refractivity contribution is 5.88. The average Bonchev–Trinajstić information content (AvgIpc) is 2.95. The number of fused-ring (bicyclic) bond motifs is 1. The Hall–Kier alpha value is -2.67. The van der Waals surface area contributed by atoms with Gasteiger partial charge in [-0.05, 0) is 17.7 Å². The van der Waals surface area contributed by atoms with Crippen molar-refractivity contribution in [2.24, 2.45) is 0 Å². The van der Waals surface area contributed by atoms with Gasteiger partial charge in [0.2, 0.25) is 0 Å². The molecule has 0 fully saturated rings.